The number of allylic oxidation sites excluding steroid dienone is 4. The van der Waals surface area contributed by atoms with Crippen LogP contribution in [0.2, 0.25) is 0 Å². The van der Waals surface area contributed by atoms with Gasteiger partial charge < -0.3 is 0 Å². The molecule has 0 amide bonds. The molecule has 0 saturated carbocycles. The Balaban J connectivity index is 1.14. The number of pyridine rings is 1. The van der Waals surface area contributed by atoms with Crippen molar-refractivity contribution in [1.29, 1.82) is 0 Å². The predicted octanol–water partition coefficient (Wildman–Crippen LogP) is 10.2. The maximum atomic E-state index is 5.04. The Morgan fingerprint density at radius 1 is 0.478 bits per heavy atom. The average Bonchev–Trinajstić information content (AvgIpc) is 3.15. The van der Waals surface area contributed by atoms with Gasteiger partial charge in [0.15, 0.2) is 11.6 Å². The molecule has 0 spiro atoms. The molecule has 8 rings (SSSR count). The molecule has 0 bridgehead atoms. The van der Waals surface area contributed by atoms with Crippen molar-refractivity contribution in [2.24, 2.45) is 0 Å². The Kier molecular flexibility index (Phi) is 7.29. The minimum absolute atomic E-state index is 0.0323. The van der Waals surface area contributed by atoms with E-state index in [2.05, 4.69) is 138 Å². The van der Waals surface area contributed by atoms with Gasteiger partial charge in [-0.25, -0.2) is 15.0 Å². The molecular formula is C42H30N4. The molecule has 46 heavy (non-hydrogen) atoms. The standard InChI is InChI=1S/C42H30N4/c1-3-9-29(10-4-1)31-15-21-34(22-16-31)40-44-41(35-23-17-32(18-24-35)30-11-5-2-6-12-30)46-42(45-40)36-25-19-33(20-26-36)38-27-37-13-7-8-14-39(37)43-28-38/h1-25,27-28,36H,26H2. The molecule has 1 unspecified atom stereocenters. The molecule has 0 fully saturated rings. The van der Waals surface area contributed by atoms with E-state index in [-0.39, 0.29) is 5.92 Å². The summed E-state index contributed by atoms with van der Waals surface area (Å²) < 4.78 is 0. The van der Waals surface area contributed by atoms with Crippen LogP contribution in [0.5, 0.6) is 0 Å². The Bertz CT molecular complexity index is 2100. The van der Waals surface area contributed by atoms with Gasteiger partial charge in [-0.05, 0) is 46.4 Å². The third-order valence-electron chi connectivity index (χ3n) is 8.51. The number of aromatic nitrogens is 4. The van der Waals surface area contributed by atoms with Crippen LogP contribution in [0, 0.1) is 0 Å². The molecule has 7 aromatic rings. The highest BCUT2D eigenvalue weighted by Gasteiger charge is 2.19. The van der Waals surface area contributed by atoms with E-state index < -0.39 is 0 Å². The second kappa shape index (κ2) is 12.2. The Hall–Kier alpha value is -6.00. The second-order valence-electron chi connectivity index (χ2n) is 11.5. The van der Waals surface area contributed by atoms with Crippen molar-refractivity contribution in [3.63, 3.8) is 0 Å². The molecule has 1 aliphatic carbocycles. The molecule has 2 aromatic heterocycles. The van der Waals surface area contributed by atoms with Crippen LogP contribution in [0.1, 0.15) is 23.7 Å². The zero-order valence-electron chi connectivity index (χ0n) is 25.2. The zero-order valence-corrected chi connectivity index (χ0v) is 25.2. The molecular weight excluding hydrogens is 560 g/mol. The van der Waals surface area contributed by atoms with Gasteiger partial charge in [0.1, 0.15) is 5.82 Å². The zero-order chi connectivity index (χ0) is 30.7. The van der Waals surface area contributed by atoms with Gasteiger partial charge in [-0.1, -0.05) is 146 Å². The summed E-state index contributed by atoms with van der Waals surface area (Å²) in [4.78, 5) is 19.8. The molecule has 1 atom stereocenters. The number of benzene rings is 5. The fourth-order valence-corrected chi connectivity index (χ4v) is 5.96. The molecule has 4 heteroatoms. The SMILES string of the molecule is C1=CC(c2nc(-c3ccc(-c4ccccc4)cc3)nc(-c3ccc(-c4ccccc4)cc3)n2)CC=C1c1cnc2ccccc2c1. The molecule has 0 radical (unpaired) electrons. The Labute approximate surface area is 268 Å². The van der Waals surface area contributed by atoms with E-state index in [0.717, 1.165) is 56.5 Å². The van der Waals surface area contributed by atoms with Gasteiger partial charge in [0.25, 0.3) is 0 Å². The summed E-state index contributed by atoms with van der Waals surface area (Å²) in [5.74, 6) is 2.15. The van der Waals surface area contributed by atoms with E-state index in [1.54, 1.807) is 0 Å². The van der Waals surface area contributed by atoms with Gasteiger partial charge >= 0.3 is 0 Å². The van der Waals surface area contributed by atoms with Crippen LogP contribution in [-0.2, 0) is 0 Å². The average molecular weight is 591 g/mol. The van der Waals surface area contributed by atoms with E-state index in [1.807, 2.05) is 30.5 Å². The van der Waals surface area contributed by atoms with Crippen LogP contribution in [0.4, 0.5) is 0 Å². The van der Waals surface area contributed by atoms with E-state index in [4.69, 9.17) is 15.0 Å². The molecule has 1 aliphatic rings. The predicted molar refractivity (Wildman–Crippen MR) is 188 cm³/mol. The third-order valence-corrected chi connectivity index (χ3v) is 8.51. The van der Waals surface area contributed by atoms with Gasteiger partial charge in [0, 0.05) is 34.2 Å². The van der Waals surface area contributed by atoms with Crippen molar-refractivity contribution in [1.82, 2.24) is 19.9 Å². The molecule has 4 nitrogen and oxygen atoms in total. The summed E-state index contributed by atoms with van der Waals surface area (Å²) in [6.45, 7) is 0. The number of hydrogen-bond donors (Lipinski definition) is 0. The summed E-state index contributed by atoms with van der Waals surface area (Å²) in [7, 11) is 0. The minimum Gasteiger partial charge on any atom is -0.256 e. The molecule has 218 valence electrons. The lowest BCUT2D eigenvalue weighted by atomic mass is 9.92. The van der Waals surface area contributed by atoms with Crippen molar-refractivity contribution < 1.29 is 0 Å². The summed E-state index contributed by atoms with van der Waals surface area (Å²) in [5.41, 5.74) is 9.88. The maximum absolute atomic E-state index is 5.04. The van der Waals surface area contributed by atoms with Gasteiger partial charge in [-0.15, -0.1) is 0 Å². The first-order chi connectivity index (χ1) is 22.8. The van der Waals surface area contributed by atoms with E-state index >= 15 is 0 Å². The normalized spacial score (nSPS) is 14.3. The third kappa shape index (κ3) is 5.64. The second-order valence-corrected chi connectivity index (χ2v) is 11.5. The van der Waals surface area contributed by atoms with Crippen LogP contribution >= 0.6 is 0 Å². The molecule has 0 N–H and O–H groups in total. The first kappa shape index (κ1) is 27.5. The Morgan fingerprint density at radius 2 is 1.00 bits per heavy atom. The lowest BCUT2D eigenvalue weighted by Crippen LogP contribution is -2.08. The van der Waals surface area contributed by atoms with Crippen LogP contribution in [-0.4, -0.2) is 19.9 Å². The number of hydrogen-bond acceptors (Lipinski definition) is 4. The number of para-hydroxylation sites is 1. The highest BCUT2D eigenvalue weighted by molar-refractivity contribution is 5.85. The van der Waals surface area contributed by atoms with Crippen molar-refractivity contribution in [2.75, 3.05) is 0 Å². The van der Waals surface area contributed by atoms with Crippen molar-refractivity contribution in [2.45, 2.75) is 12.3 Å². The van der Waals surface area contributed by atoms with E-state index in [1.165, 1.54) is 11.1 Å². The van der Waals surface area contributed by atoms with Gasteiger partial charge in [0.05, 0.1) is 5.52 Å². The van der Waals surface area contributed by atoms with Crippen molar-refractivity contribution in [3.8, 4) is 45.0 Å². The highest BCUT2D eigenvalue weighted by atomic mass is 15.0. The molecule has 0 saturated heterocycles. The highest BCUT2D eigenvalue weighted by Crippen LogP contribution is 2.33. The van der Waals surface area contributed by atoms with Gasteiger partial charge in [0.2, 0.25) is 0 Å². The minimum atomic E-state index is 0.0323. The van der Waals surface area contributed by atoms with E-state index in [9.17, 15) is 0 Å². The summed E-state index contributed by atoms with van der Waals surface area (Å²) in [6, 6.07) is 48.2. The van der Waals surface area contributed by atoms with Crippen LogP contribution in [0.3, 0.4) is 0 Å². The monoisotopic (exact) mass is 590 g/mol. The first-order valence-corrected chi connectivity index (χ1v) is 15.6. The largest absolute Gasteiger partial charge is 0.256 e. The fourth-order valence-electron chi connectivity index (χ4n) is 5.96. The van der Waals surface area contributed by atoms with Crippen LogP contribution < -0.4 is 0 Å². The first-order valence-electron chi connectivity index (χ1n) is 15.6. The number of fused-ring (bicyclic) bond motifs is 1. The topological polar surface area (TPSA) is 51.6 Å². The van der Waals surface area contributed by atoms with Crippen molar-refractivity contribution in [3.05, 3.63) is 175 Å². The lowest BCUT2D eigenvalue weighted by Gasteiger charge is -2.17. The Morgan fingerprint density at radius 3 is 1.57 bits per heavy atom. The number of nitrogens with zero attached hydrogens (tertiary/aromatic N) is 4. The summed E-state index contributed by atoms with van der Waals surface area (Å²) >= 11 is 0. The quantitative estimate of drug-likeness (QED) is 0.193. The molecule has 2 heterocycles. The van der Waals surface area contributed by atoms with E-state index in [0.29, 0.717) is 11.6 Å². The van der Waals surface area contributed by atoms with Gasteiger partial charge in [-0.3, -0.25) is 4.98 Å². The summed E-state index contributed by atoms with van der Waals surface area (Å²) in [5, 5.41) is 1.14. The smallest absolute Gasteiger partial charge is 0.163 e. The van der Waals surface area contributed by atoms with Crippen LogP contribution in [0.25, 0.3) is 61.5 Å². The summed E-state index contributed by atoms with van der Waals surface area (Å²) in [6.07, 6.45) is 9.40. The van der Waals surface area contributed by atoms with Gasteiger partial charge in [-0.2, -0.15) is 0 Å². The fraction of sp³-hybridized carbons (Fsp3) is 0.0476. The molecule has 0 aliphatic heterocycles. The molecule has 5 aromatic carbocycles. The lowest BCUT2D eigenvalue weighted by molar-refractivity contribution is 0.766. The van der Waals surface area contributed by atoms with Crippen molar-refractivity contribution >= 4 is 16.5 Å². The number of rotatable bonds is 6. The maximum Gasteiger partial charge on any atom is 0.163 e. The van der Waals surface area contributed by atoms with Crippen LogP contribution in [0.15, 0.2) is 164 Å².